The molecule has 0 atom stereocenters. The molecular weight excluding hydrogens is 319 g/mol. The largest absolute Gasteiger partial charge is 0.469 e. The van der Waals surface area contributed by atoms with E-state index in [1.54, 1.807) is 18.2 Å². The van der Waals surface area contributed by atoms with Gasteiger partial charge in [0.15, 0.2) is 0 Å². The number of pyridine rings is 1. The molecule has 0 fully saturated rings. The van der Waals surface area contributed by atoms with E-state index in [4.69, 9.17) is 4.74 Å². The summed E-state index contributed by atoms with van der Waals surface area (Å²) in [7, 11) is 1.36. The molecule has 0 bridgehead atoms. The van der Waals surface area contributed by atoms with Crippen molar-refractivity contribution >= 4 is 22.6 Å². The molecule has 0 aliphatic carbocycles. The highest BCUT2D eigenvalue weighted by Crippen LogP contribution is 2.29. The van der Waals surface area contributed by atoms with Crippen LogP contribution in [0.2, 0.25) is 0 Å². The van der Waals surface area contributed by atoms with Gasteiger partial charge in [0.1, 0.15) is 5.82 Å². The summed E-state index contributed by atoms with van der Waals surface area (Å²) in [5, 5.41) is 4.19. The van der Waals surface area contributed by atoms with E-state index < -0.39 is 0 Å². The van der Waals surface area contributed by atoms with Gasteiger partial charge in [0.05, 0.1) is 19.0 Å². The fourth-order valence-corrected chi connectivity index (χ4v) is 2.83. The molecule has 25 heavy (non-hydrogen) atoms. The van der Waals surface area contributed by atoms with Crippen LogP contribution in [0.4, 0.5) is 10.1 Å². The highest BCUT2D eigenvalue weighted by molar-refractivity contribution is 5.95. The van der Waals surface area contributed by atoms with Gasteiger partial charge >= 0.3 is 5.97 Å². The standard InChI is InChI=1S/C20H19FN2O2/c1-13-16(11-19(24)25-2)20(15-8-4-6-10-18(15)23-13)22-12-14-7-3-5-9-17(14)21/h3-10H,11-12H2,1-2H3,(H,22,23). The second kappa shape index (κ2) is 7.30. The third kappa shape index (κ3) is 3.60. The Morgan fingerprint density at radius 1 is 1.16 bits per heavy atom. The number of nitrogens with zero attached hydrogens (tertiary/aromatic N) is 1. The summed E-state index contributed by atoms with van der Waals surface area (Å²) >= 11 is 0. The Hall–Kier alpha value is -2.95. The summed E-state index contributed by atoms with van der Waals surface area (Å²) in [6.07, 6.45) is 0.111. The van der Waals surface area contributed by atoms with Crippen molar-refractivity contribution in [3.8, 4) is 0 Å². The van der Waals surface area contributed by atoms with E-state index in [1.165, 1.54) is 13.2 Å². The predicted molar refractivity (Wildman–Crippen MR) is 95.9 cm³/mol. The summed E-state index contributed by atoms with van der Waals surface area (Å²) < 4.78 is 18.7. The lowest BCUT2D eigenvalue weighted by Crippen LogP contribution is -2.12. The third-order valence-corrected chi connectivity index (χ3v) is 4.16. The van der Waals surface area contributed by atoms with Crippen molar-refractivity contribution in [1.29, 1.82) is 0 Å². The molecule has 0 unspecified atom stereocenters. The molecular formula is C20H19FN2O2. The molecule has 2 aromatic carbocycles. The molecule has 128 valence electrons. The lowest BCUT2D eigenvalue weighted by atomic mass is 10.0. The number of hydrogen-bond donors (Lipinski definition) is 1. The summed E-state index contributed by atoms with van der Waals surface area (Å²) in [6.45, 7) is 2.17. The fourth-order valence-electron chi connectivity index (χ4n) is 2.83. The van der Waals surface area contributed by atoms with E-state index in [0.717, 1.165) is 27.8 Å². The first-order valence-electron chi connectivity index (χ1n) is 8.02. The van der Waals surface area contributed by atoms with Gasteiger partial charge in [-0.3, -0.25) is 9.78 Å². The molecule has 0 aliphatic heterocycles. The van der Waals surface area contributed by atoms with E-state index in [1.807, 2.05) is 31.2 Å². The van der Waals surface area contributed by atoms with Crippen molar-refractivity contribution in [2.75, 3.05) is 12.4 Å². The zero-order valence-corrected chi connectivity index (χ0v) is 14.2. The van der Waals surface area contributed by atoms with Crippen LogP contribution in [0.3, 0.4) is 0 Å². The number of rotatable bonds is 5. The van der Waals surface area contributed by atoms with Crippen LogP contribution in [0.5, 0.6) is 0 Å². The average Bonchev–Trinajstić information content (AvgIpc) is 2.62. The Balaban J connectivity index is 2.05. The Bertz CT molecular complexity index is 925. The molecule has 0 saturated carbocycles. The molecule has 4 nitrogen and oxygen atoms in total. The number of hydrogen-bond acceptors (Lipinski definition) is 4. The van der Waals surface area contributed by atoms with Gasteiger partial charge in [0, 0.05) is 34.4 Å². The molecule has 1 aromatic heterocycles. The van der Waals surface area contributed by atoms with Crippen LogP contribution >= 0.6 is 0 Å². The third-order valence-electron chi connectivity index (χ3n) is 4.16. The number of para-hydroxylation sites is 1. The van der Waals surface area contributed by atoms with Gasteiger partial charge in [-0.25, -0.2) is 4.39 Å². The summed E-state index contributed by atoms with van der Waals surface area (Å²) in [5.41, 5.74) is 3.69. The summed E-state index contributed by atoms with van der Waals surface area (Å²) in [4.78, 5) is 16.4. The Morgan fingerprint density at radius 3 is 2.64 bits per heavy atom. The van der Waals surface area contributed by atoms with E-state index in [0.29, 0.717) is 12.1 Å². The SMILES string of the molecule is COC(=O)Cc1c(C)nc2ccccc2c1NCc1ccccc1F. The lowest BCUT2D eigenvalue weighted by molar-refractivity contribution is -0.139. The quantitative estimate of drug-likeness (QED) is 0.714. The number of nitrogens with one attached hydrogen (secondary N) is 1. The molecule has 0 saturated heterocycles. The molecule has 5 heteroatoms. The van der Waals surface area contributed by atoms with Crippen molar-refractivity contribution in [2.24, 2.45) is 0 Å². The Morgan fingerprint density at radius 2 is 1.88 bits per heavy atom. The number of anilines is 1. The van der Waals surface area contributed by atoms with Gasteiger partial charge in [-0.2, -0.15) is 0 Å². The van der Waals surface area contributed by atoms with Crippen LogP contribution in [-0.4, -0.2) is 18.1 Å². The number of fused-ring (bicyclic) bond motifs is 1. The first-order chi connectivity index (χ1) is 12.1. The number of aromatic nitrogens is 1. The van der Waals surface area contributed by atoms with Gasteiger partial charge in [0.25, 0.3) is 0 Å². The second-order valence-electron chi connectivity index (χ2n) is 5.77. The minimum atomic E-state index is -0.339. The van der Waals surface area contributed by atoms with Crippen LogP contribution < -0.4 is 5.32 Å². The average molecular weight is 338 g/mol. The smallest absolute Gasteiger partial charge is 0.310 e. The monoisotopic (exact) mass is 338 g/mol. The van der Waals surface area contributed by atoms with Crippen LogP contribution in [-0.2, 0) is 22.5 Å². The molecule has 3 rings (SSSR count). The lowest BCUT2D eigenvalue weighted by Gasteiger charge is -2.17. The summed E-state index contributed by atoms with van der Waals surface area (Å²) in [6, 6.07) is 14.3. The zero-order chi connectivity index (χ0) is 17.8. The highest BCUT2D eigenvalue weighted by atomic mass is 19.1. The van der Waals surface area contributed by atoms with Gasteiger partial charge < -0.3 is 10.1 Å². The predicted octanol–water partition coefficient (Wildman–Crippen LogP) is 4.01. The molecule has 0 aliphatic rings. The highest BCUT2D eigenvalue weighted by Gasteiger charge is 2.16. The first kappa shape index (κ1) is 16.9. The normalized spacial score (nSPS) is 10.7. The van der Waals surface area contributed by atoms with Crippen molar-refractivity contribution in [3.05, 3.63) is 71.2 Å². The van der Waals surface area contributed by atoms with Crippen LogP contribution in [0.25, 0.3) is 10.9 Å². The van der Waals surface area contributed by atoms with E-state index in [-0.39, 0.29) is 18.2 Å². The van der Waals surface area contributed by atoms with E-state index in [2.05, 4.69) is 10.3 Å². The van der Waals surface area contributed by atoms with E-state index >= 15 is 0 Å². The molecule has 0 radical (unpaired) electrons. The van der Waals surface area contributed by atoms with Crippen molar-refractivity contribution < 1.29 is 13.9 Å². The fraction of sp³-hybridized carbons (Fsp3) is 0.200. The minimum Gasteiger partial charge on any atom is -0.469 e. The molecule has 1 heterocycles. The number of carbonyl (C=O) groups is 1. The zero-order valence-electron chi connectivity index (χ0n) is 14.2. The molecule has 0 spiro atoms. The number of aryl methyl sites for hydroxylation is 1. The first-order valence-corrected chi connectivity index (χ1v) is 8.02. The van der Waals surface area contributed by atoms with Crippen LogP contribution in [0.1, 0.15) is 16.8 Å². The molecule has 1 N–H and O–H groups in total. The Labute approximate surface area is 145 Å². The number of halogens is 1. The topological polar surface area (TPSA) is 51.2 Å². The molecule has 3 aromatic rings. The number of methoxy groups -OCH3 is 1. The van der Waals surface area contributed by atoms with Crippen LogP contribution in [0.15, 0.2) is 48.5 Å². The van der Waals surface area contributed by atoms with Crippen LogP contribution in [0, 0.1) is 12.7 Å². The minimum absolute atomic E-state index is 0.111. The number of carbonyl (C=O) groups excluding carboxylic acids is 1. The van der Waals surface area contributed by atoms with Crippen molar-refractivity contribution in [3.63, 3.8) is 0 Å². The maximum atomic E-state index is 13.9. The maximum absolute atomic E-state index is 13.9. The van der Waals surface area contributed by atoms with Crippen molar-refractivity contribution in [1.82, 2.24) is 4.98 Å². The Kier molecular flexibility index (Phi) is 4.93. The van der Waals surface area contributed by atoms with Gasteiger partial charge in [-0.05, 0) is 19.1 Å². The van der Waals surface area contributed by atoms with Crippen molar-refractivity contribution in [2.45, 2.75) is 19.9 Å². The maximum Gasteiger partial charge on any atom is 0.310 e. The number of esters is 1. The molecule has 0 amide bonds. The number of ether oxygens (including phenoxy) is 1. The number of benzene rings is 2. The van der Waals surface area contributed by atoms with E-state index in [9.17, 15) is 9.18 Å². The summed E-state index contributed by atoms with van der Waals surface area (Å²) in [5.74, 6) is -0.603. The van der Waals surface area contributed by atoms with Gasteiger partial charge in [-0.1, -0.05) is 36.4 Å². The van der Waals surface area contributed by atoms with Gasteiger partial charge in [0.2, 0.25) is 0 Å². The second-order valence-corrected chi connectivity index (χ2v) is 5.77. The van der Waals surface area contributed by atoms with Gasteiger partial charge in [-0.15, -0.1) is 0 Å².